The molecule has 4 rings (SSSR count). The molecule has 0 spiro atoms. The van der Waals surface area contributed by atoms with Crippen molar-refractivity contribution in [1.82, 2.24) is 9.97 Å². The monoisotopic (exact) mass is 432 g/mol. The summed E-state index contributed by atoms with van der Waals surface area (Å²) in [6, 6.07) is 17.6. The number of hydrogen-bond donors (Lipinski definition) is 1. The molecule has 0 aliphatic heterocycles. The van der Waals surface area contributed by atoms with Gasteiger partial charge in [-0.25, -0.2) is 9.97 Å². The molecule has 0 amide bonds. The first-order chi connectivity index (χ1) is 15.7. The molecule has 2 heterocycles. The van der Waals surface area contributed by atoms with E-state index < -0.39 is 5.97 Å². The van der Waals surface area contributed by atoms with Gasteiger partial charge in [-0.1, -0.05) is 42.5 Å². The van der Waals surface area contributed by atoms with Crippen LogP contribution in [0, 0.1) is 0 Å². The van der Waals surface area contributed by atoms with Crippen LogP contribution in [0.3, 0.4) is 0 Å². The summed E-state index contributed by atoms with van der Waals surface area (Å²) in [5.41, 5.74) is 3.17. The van der Waals surface area contributed by atoms with Crippen molar-refractivity contribution < 1.29 is 23.8 Å². The number of rotatable bonds is 10. The molecule has 0 radical (unpaired) electrons. The summed E-state index contributed by atoms with van der Waals surface area (Å²) < 4.78 is 17.5. The molecule has 2 aromatic carbocycles. The molecule has 0 unspecified atom stereocenters. The zero-order valence-corrected chi connectivity index (χ0v) is 17.8. The number of unbranched alkanes of at least 4 members (excludes halogenated alkanes) is 2. The lowest BCUT2D eigenvalue weighted by Gasteiger charge is -2.08. The Bertz CT molecular complexity index is 1190. The van der Waals surface area contributed by atoms with Crippen LogP contribution in [0.5, 0.6) is 11.6 Å². The number of hydrogen-bond acceptors (Lipinski definition) is 6. The third-order valence-electron chi connectivity index (χ3n) is 5.14. The number of carboxylic acid groups (broad SMARTS) is 1. The minimum atomic E-state index is -0.778. The highest BCUT2D eigenvalue weighted by Crippen LogP contribution is 2.43. The first-order valence-corrected chi connectivity index (χ1v) is 10.5. The summed E-state index contributed by atoms with van der Waals surface area (Å²) in [5, 5.41) is 9.48. The smallest absolute Gasteiger partial charge is 0.303 e. The SMILES string of the molecule is COc1ccc(-c2c(-c3ccccc3)oc3ncnc(OCCCCCC(=O)O)c23)cc1. The van der Waals surface area contributed by atoms with E-state index in [-0.39, 0.29) is 6.42 Å². The van der Waals surface area contributed by atoms with Crippen LogP contribution in [-0.4, -0.2) is 34.8 Å². The Morgan fingerprint density at radius 1 is 0.969 bits per heavy atom. The molecule has 0 saturated carbocycles. The summed E-state index contributed by atoms with van der Waals surface area (Å²) in [6.45, 7) is 0.430. The van der Waals surface area contributed by atoms with Gasteiger partial charge in [0.05, 0.1) is 13.7 Å². The number of methoxy groups -OCH3 is 1. The molecular formula is C25H24N2O5. The lowest BCUT2D eigenvalue weighted by Crippen LogP contribution is -2.01. The van der Waals surface area contributed by atoms with Gasteiger partial charge in [0.2, 0.25) is 11.6 Å². The van der Waals surface area contributed by atoms with Gasteiger partial charge in [-0.3, -0.25) is 4.79 Å². The topological polar surface area (TPSA) is 94.7 Å². The molecule has 7 nitrogen and oxygen atoms in total. The van der Waals surface area contributed by atoms with E-state index in [9.17, 15) is 4.79 Å². The predicted molar refractivity (Wildman–Crippen MR) is 121 cm³/mol. The Balaban J connectivity index is 1.71. The third-order valence-corrected chi connectivity index (χ3v) is 5.14. The minimum Gasteiger partial charge on any atom is -0.497 e. The Hall–Kier alpha value is -3.87. The number of carbonyl (C=O) groups is 1. The first kappa shape index (κ1) is 21.4. The van der Waals surface area contributed by atoms with Crippen molar-refractivity contribution in [3.63, 3.8) is 0 Å². The molecule has 7 heteroatoms. The average molecular weight is 432 g/mol. The molecule has 164 valence electrons. The highest BCUT2D eigenvalue weighted by atomic mass is 16.5. The molecule has 32 heavy (non-hydrogen) atoms. The van der Waals surface area contributed by atoms with Crippen LogP contribution in [0.1, 0.15) is 25.7 Å². The molecule has 1 N–H and O–H groups in total. The van der Waals surface area contributed by atoms with Gasteiger partial charge in [0.25, 0.3) is 0 Å². The van der Waals surface area contributed by atoms with Gasteiger partial charge in [-0.2, -0.15) is 0 Å². The van der Waals surface area contributed by atoms with E-state index in [1.54, 1.807) is 7.11 Å². The number of carboxylic acids is 1. The molecule has 0 atom stereocenters. The molecular weight excluding hydrogens is 408 g/mol. The van der Waals surface area contributed by atoms with Crippen LogP contribution in [-0.2, 0) is 4.79 Å². The second kappa shape index (κ2) is 9.96. The van der Waals surface area contributed by atoms with E-state index in [4.69, 9.17) is 19.0 Å². The lowest BCUT2D eigenvalue weighted by molar-refractivity contribution is -0.137. The van der Waals surface area contributed by atoms with Crippen LogP contribution < -0.4 is 9.47 Å². The van der Waals surface area contributed by atoms with Crippen molar-refractivity contribution in [1.29, 1.82) is 0 Å². The van der Waals surface area contributed by atoms with E-state index in [2.05, 4.69) is 9.97 Å². The fourth-order valence-electron chi connectivity index (χ4n) is 3.57. The maximum atomic E-state index is 10.7. The number of fused-ring (bicyclic) bond motifs is 1. The van der Waals surface area contributed by atoms with Crippen LogP contribution in [0.25, 0.3) is 33.6 Å². The highest BCUT2D eigenvalue weighted by Gasteiger charge is 2.23. The standard InChI is InChI=1S/C25H24N2O5/c1-30-19-13-11-17(12-14-19)21-22-24(31-15-7-3-6-10-20(28)29)26-16-27-25(22)32-23(21)18-8-4-2-5-9-18/h2,4-5,8-9,11-14,16H,3,6-7,10,15H2,1H3,(H,28,29). The minimum absolute atomic E-state index is 0.168. The summed E-state index contributed by atoms with van der Waals surface area (Å²) in [4.78, 5) is 19.4. The van der Waals surface area contributed by atoms with Gasteiger partial charge in [0.1, 0.15) is 23.2 Å². The van der Waals surface area contributed by atoms with Crippen molar-refractivity contribution in [2.24, 2.45) is 0 Å². The zero-order chi connectivity index (χ0) is 22.3. The van der Waals surface area contributed by atoms with Crippen molar-refractivity contribution in [2.45, 2.75) is 25.7 Å². The molecule has 0 bridgehead atoms. The van der Waals surface area contributed by atoms with Crippen LogP contribution in [0.2, 0.25) is 0 Å². The fourth-order valence-corrected chi connectivity index (χ4v) is 3.57. The number of nitrogens with zero attached hydrogens (tertiary/aromatic N) is 2. The molecule has 0 fully saturated rings. The number of benzene rings is 2. The summed E-state index contributed by atoms with van der Waals surface area (Å²) in [5.74, 6) is 1.12. The number of ether oxygens (including phenoxy) is 2. The molecule has 0 aliphatic rings. The first-order valence-electron chi connectivity index (χ1n) is 10.5. The Morgan fingerprint density at radius 3 is 2.47 bits per heavy atom. The van der Waals surface area contributed by atoms with Gasteiger partial charge in [0.15, 0.2) is 0 Å². The predicted octanol–water partition coefficient (Wildman–Crippen LogP) is 5.59. The van der Waals surface area contributed by atoms with Crippen molar-refractivity contribution >= 4 is 17.1 Å². The van der Waals surface area contributed by atoms with E-state index in [0.29, 0.717) is 35.8 Å². The number of aliphatic carboxylic acids is 1. The average Bonchev–Trinajstić information content (AvgIpc) is 3.22. The maximum absolute atomic E-state index is 10.7. The molecule has 4 aromatic rings. The summed E-state index contributed by atoms with van der Waals surface area (Å²) in [7, 11) is 1.63. The van der Waals surface area contributed by atoms with Gasteiger partial charge >= 0.3 is 5.97 Å². The molecule has 0 saturated heterocycles. The second-order valence-corrected chi connectivity index (χ2v) is 7.31. The van der Waals surface area contributed by atoms with Crippen LogP contribution in [0.4, 0.5) is 0 Å². The van der Waals surface area contributed by atoms with Gasteiger partial charge < -0.3 is 19.0 Å². The van der Waals surface area contributed by atoms with E-state index >= 15 is 0 Å². The van der Waals surface area contributed by atoms with Gasteiger partial charge in [0, 0.05) is 17.5 Å². The van der Waals surface area contributed by atoms with Gasteiger partial charge in [-0.05, 0) is 37.0 Å². The number of furan rings is 1. The summed E-state index contributed by atoms with van der Waals surface area (Å²) >= 11 is 0. The van der Waals surface area contributed by atoms with E-state index in [0.717, 1.165) is 35.3 Å². The number of aromatic nitrogens is 2. The quantitative estimate of drug-likeness (QED) is 0.326. The lowest BCUT2D eigenvalue weighted by atomic mass is 9.99. The van der Waals surface area contributed by atoms with Crippen molar-refractivity contribution in [3.05, 3.63) is 60.9 Å². The second-order valence-electron chi connectivity index (χ2n) is 7.31. The normalized spacial score (nSPS) is 10.9. The maximum Gasteiger partial charge on any atom is 0.303 e. The van der Waals surface area contributed by atoms with Crippen molar-refractivity contribution in [3.8, 4) is 34.1 Å². The molecule has 0 aliphatic carbocycles. The van der Waals surface area contributed by atoms with Gasteiger partial charge in [-0.15, -0.1) is 0 Å². The van der Waals surface area contributed by atoms with Crippen LogP contribution in [0.15, 0.2) is 65.3 Å². The zero-order valence-electron chi connectivity index (χ0n) is 17.8. The van der Waals surface area contributed by atoms with Crippen LogP contribution >= 0.6 is 0 Å². The van der Waals surface area contributed by atoms with Crippen molar-refractivity contribution in [2.75, 3.05) is 13.7 Å². The molecule has 2 aromatic heterocycles. The Morgan fingerprint density at radius 2 is 1.75 bits per heavy atom. The fraction of sp³-hybridized carbons (Fsp3) is 0.240. The van der Waals surface area contributed by atoms with E-state index in [1.807, 2.05) is 54.6 Å². The van der Waals surface area contributed by atoms with E-state index in [1.165, 1.54) is 6.33 Å². The highest BCUT2D eigenvalue weighted by molar-refractivity contribution is 6.03. The Kier molecular flexibility index (Phi) is 6.65. The third kappa shape index (κ3) is 4.72. The Labute approximate surface area is 185 Å². The summed E-state index contributed by atoms with van der Waals surface area (Å²) in [6.07, 6.45) is 3.73. The largest absolute Gasteiger partial charge is 0.497 e.